The number of nitrogens with one attached hydrogen (secondary N) is 1. The van der Waals surface area contributed by atoms with Crippen molar-refractivity contribution < 1.29 is 23.1 Å². The van der Waals surface area contributed by atoms with Crippen molar-refractivity contribution in [1.82, 2.24) is 5.32 Å². The van der Waals surface area contributed by atoms with Crippen LogP contribution in [0.5, 0.6) is 0 Å². The lowest BCUT2D eigenvalue weighted by Crippen LogP contribution is -2.38. The summed E-state index contributed by atoms with van der Waals surface area (Å²) in [5, 5.41) is 11.7. The van der Waals surface area contributed by atoms with Gasteiger partial charge < -0.3 is 10.4 Å². The molecule has 1 heterocycles. The fraction of sp³-hybridized carbons (Fsp3) is 0.417. The third kappa shape index (κ3) is 2.64. The van der Waals surface area contributed by atoms with Crippen LogP contribution in [0.1, 0.15) is 29.5 Å². The largest absolute Gasteiger partial charge is 0.481 e. The van der Waals surface area contributed by atoms with Gasteiger partial charge in [-0.15, -0.1) is 0 Å². The van der Waals surface area contributed by atoms with Gasteiger partial charge in [-0.2, -0.15) is 13.2 Å². The lowest BCUT2D eigenvalue weighted by molar-refractivity contribution is -0.142. The van der Waals surface area contributed by atoms with Crippen LogP contribution in [0.3, 0.4) is 0 Å². The van der Waals surface area contributed by atoms with E-state index in [2.05, 4.69) is 5.32 Å². The predicted molar refractivity (Wildman–Crippen MR) is 58.2 cm³/mol. The first kappa shape index (κ1) is 12.9. The highest BCUT2D eigenvalue weighted by atomic mass is 19.4. The Bertz CT molecular complexity index is 459. The lowest BCUT2D eigenvalue weighted by atomic mass is 9.85. The van der Waals surface area contributed by atoms with Crippen LogP contribution in [0.2, 0.25) is 0 Å². The van der Waals surface area contributed by atoms with Gasteiger partial charge in [0.1, 0.15) is 0 Å². The van der Waals surface area contributed by atoms with Crippen molar-refractivity contribution in [3.8, 4) is 0 Å². The van der Waals surface area contributed by atoms with Crippen LogP contribution in [0.4, 0.5) is 13.2 Å². The highest BCUT2D eigenvalue weighted by Crippen LogP contribution is 2.36. The molecule has 0 spiro atoms. The average Bonchev–Trinajstić information content (AvgIpc) is 2.27. The number of benzene rings is 1. The summed E-state index contributed by atoms with van der Waals surface area (Å²) in [7, 11) is 0. The van der Waals surface area contributed by atoms with Crippen LogP contribution in [-0.2, 0) is 4.79 Å². The van der Waals surface area contributed by atoms with Crippen LogP contribution in [0.15, 0.2) is 24.3 Å². The second-order valence-corrected chi connectivity index (χ2v) is 4.30. The summed E-state index contributed by atoms with van der Waals surface area (Å²) in [6.07, 6.45) is -5.27. The summed E-state index contributed by atoms with van der Waals surface area (Å²) in [4.78, 5) is 11.0. The molecule has 0 saturated heterocycles. The molecule has 2 N–H and O–H groups in total. The molecule has 1 aliphatic heterocycles. The predicted octanol–water partition coefficient (Wildman–Crippen LogP) is 2.45. The molecule has 0 saturated carbocycles. The zero-order chi connectivity index (χ0) is 13.3. The Morgan fingerprint density at radius 1 is 1.33 bits per heavy atom. The molecule has 3 nitrogen and oxygen atoms in total. The van der Waals surface area contributed by atoms with Crippen molar-refractivity contribution in [3.05, 3.63) is 35.4 Å². The molecule has 0 bridgehead atoms. The van der Waals surface area contributed by atoms with Gasteiger partial charge in [0.15, 0.2) is 0 Å². The van der Waals surface area contributed by atoms with Gasteiger partial charge >= 0.3 is 12.1 Å². The molecule has 1 aromatic carbocycles. The van der Waals surface area contributed by atoms with E-state index in [1.165, 1.54) is 0 Å². The van der Waals surface area contributed by atoms with Gasteiger partial charge in [0.05, 0.1) is 12.3 Å². The minimum Gasteiger partial charge on any atom is -0.481 e. The molecule has 2 rings (SSSR count). The van der Waals surface area contributed by atoms with E-state index < -0.39 is 30.5 Å². The Morgan fingerprint density at radius 3 is 2.50 bits per heavy atom. The first-order valence-corrected chi connectivity index (χ1v) is 5.50. The molecular formula is C12H12F3NO2. The van der Waals surface area contributed by atoms with Crippen molar-refractivity contribution in [1.29, 1.82) is 0 Å². The van der Waals surface area contributed by atoms with Gasteiger partial charge in [0.25, 0.3) is 0 Å². The van der Waals surface area contributed by atoms with Gasteiger partial charge in [-0.25, -0.2) is 0 Å². The number of carboxylic acid groups (broad SMARTS) is 1. The van der Waals surface area contributed by atoms with E-state index >= 15 is 0 Å². The lowest BCUT2D eigenvalue weighted by Gasteiger charge is -2.31. The van der Waals surface area contributed by atoms with E-state index in [9.17, 15) is 18.0 Å². The molecule has 0 aromatic heterocycles. The Labute approximate surface area is 102 Å². The molecular weight excluding hydrogens is 247 g/mol. The fourth-order valence-corrected chi connectivity index (χ4v) is 2.26. The van der Waals surface area contributed by atoms with Crippen LogP contribution >= 0.6 is 0 Å². The number of aliphatic carboxylic acids is 1. The van der Waals surface area contributed by atoms with Crippen LogP contribution in [0, 0.1) is 0 Å². The topological polar surface area (TPSA) is 49.3 Å². The summed E-state index contributed by atoms with van der Waals surface area (Å²) in [5.74, 6) is -1.81. The zero-order valence-corrected chi connectivity index (χ0v) is 9.37. The Morgan fingerprint density at radius 2 is 1.94 bits per heavy atom. The molecule has 18 heavy (non-hydrogen) atoms. The van der Waals surface area contributed by atoms with Crippen molar-refractivity contribution in [3.63, 3.8) is 0 Å². The number of fused-ring (bicyclic) bond motifs is 1. The van der Waals surface area contributed by atoms with Gasteiger partial charge in [0, 0.05) is 12.6 Å². The molecule has 98 valence electrons. The van der Waals surface area contributed by atoms with Crippen molar-refractivity contribution in [2.24, 2.45) is 0 Å². The van der Waals surface area contributed by atoms with Crippen LogP contribution in [0.25, 0.3) is 0 Å². The molecule has 2 unspecified atom stereocenters. The smallest absolute Gasteiger partial charge is 0.390 e. The first-order chi connectivity index (χ1) is 8.38. The minimum absolute atomic E-state index is 0.0209. The standard InChI is InChI=1S/C12H12F3NO2/c13-12(14,15)5-10-8-4-2-1-3-7(8)9(6-16-10)11(17)18/h1-4,9-10,16H,5-6H2,(H,17,18). The second-order valence-electron chi connectivity index (χ2n) is 4.30. The third-order valence-electron chi connectivity index (χ3n) is 3.05. The first-order valence-electron chi connectivity index (χ1n) is 5.50. The Kier molecular flexibility index (Phi) is 3.30. The molecule has 0 fully saturated rings. The minimum atomic E-state index is -4.28. The summed E-state index contributed by atoms with van der Waals surface area (Å²) < 4.78 is 37.3. The third-order valence-corrected chi connectivity index (χ3v) is 3.05. The van der Waals surface area contributed by atoms with E-state index in [0.717, 1.165) is 0 Å². The number of carbonyl (C=O) groups is 1. The maximum absolute atomic E-state index is 12.4. The van der Waals surface area contributed by atoms with E-state index in [1.54, 1.807) is 24.3 Å². The van der Waals surface area contributed by atoms with Crippen molar-refractivity contribution in [2.45, 2.75) is 24.6 Å². The molecule has 6 heteroatoms. The molecule has 0 radical (unpaired) electrons. The monoisotopic (exact) mass is 259 g/mol. The number of halogens is 3. The number of alkyl halides is 3. The molecule has 2 atom stereocenters. The number of hydrogen-bond donors (Lipinski definition) is 2. The van der Waals surface area contributed by atoms with Crippen molar-refractivity contribution >= 4 is 5.97 Å². The Balaban J connectivity index is 2.33. The second kappa shape index (κ2) is 4.61. The van der Waals surface area contributed by atoms with Gasteiger partial charge in [-0.3, -0.25) is 4.79 Å². The summed E-state index contributed by atoms with van der Waals surface area (Å²) in [5.41, 5.74) is 0.895. The molecule has 0 amide bonds. The van der Waals surface area contributed by atoms with Crippen LogP contribution in [-0.4, -0.2) is 23.8 Å². The number of rotatable bonds is 2. The molecule has 0 aliphatic carbocycles. The maximum atomic E-state index is 12.4. The van der Waals surface area contributed by atoms with E-state index in [0.29, 0.717) is 11.1 Å². The highest BCUT2D eigenvalue weighted by Gasteiger charge is 2.37. The molecule has 1 aliphatic rings. The van der Waals surface area contributed by atoms with Gasteiger partial charge in [0.2, 0.25) is 0 Å². The van der Waals surface area contributed by atoms with E-state index in [-0.39, 0.29) is 6.54 Å². The maximum Gasteiger partial charge on any atom is 0.390 e. The van der Waals surface area contributed by atoms with Gasteiger partial charge in [-0.1, -0.05) is 24.3 Å². The fourth-order valence-electron chi connectivity index (χ4n) is 2.26. The Hall–Kier alpha value is -1.56. The zero-order valence-electron chi connectivity index (χ0n) is 9.37. The molecule has 1 aromatic rings. The highest BCUT2D eigenvalue weighted by molar-refractivity contribution is 5.77. The summed E-state index contributed by atoms with van der Waals surface area (Å²) in [6.45, 7) is 0.0209. The number of hydrogen-bond acceptors (Lipinski definition) is 2. The van der Waals surface area contributed by atoms with E-state index in [4.69, 9.17) is 5.11 Å². The normalized spacial score (nSPS) is 23.5. The quantitative estimate of drug-likeness (QED) is 0.857. The summed E-state index contributed by atoms with van der Waals surface area (Å²) in [6, 6.07) is 5.53. The van der Waals surface area contributed by atoms with Gasteiger partial charge in [-0.05, 0) is 11.1 Å². The van der Waals surface area contributed by atoms with Crippen LogP contribution < -0.4 is 5.32 Å². The summed E-state index contributed by atoms with van der Waals surface area (Å²) >= 11 is 0. The number of carboxylic acids is 1. The van der Waals surface area contributed by atoms with E-state index in [1.807, 2.05) is 0 Å². The van der Waals surface area contributed by atoms with Crippen molar-refractivity contribution in [2.75, 3.05) is 6.54 Å². The average molecular weight is 259 g/mol. The SMILES string of the molecule is O=C(O)C1CNC(CC(F)(F)F)c2ccccc21.